The molecule has 2 aliphatic rings. The number of para-hydroxylation sites is 1. The number of amides is 1. The van der Waals surface area contributed by atoms with Crippen molar-refractivity contribution in [2.24, 2.45) is 4.99 Å². The highest BCUT2D eigenvalue weighted by Crippen LogP contribution is 2.50. The van der Waals surface area contributed by atoms with Crippen molar-refractivity contribution in [3.05, 3.63) is 98.4 Å². The number of aliphatic imine (C=N–C) groups is 1. The van der Waals surface area contributed by atoms with Gasteiger partial charge in [-0.1, -0.05) is 54.2 Å². The molecule has 8 nitrogen and oxygen atoms in total. The van der Waals surface area contributed by atoms with Gasteiger partial charge in [0, 0.05) is 30.6 Å². The number of nitrogens with zero attached hydrogens (tertiary/aromatic N) is 4. The molecule has 0 aromatic heterocycles. The predicted molar refractivity (Wildman–Crippen MR) is 147 cm³/mol. The molecule has 3 aromatic rings. The molecule has 0 saturated carbocycles. The Hall–Kier alpha value is -3.76. The van der Waals surface area contributed by atoms with E-state index >= 15 is 0 Å². The number of benzene rings is 3. The van der Waals surface area contributed by atoms with Crippen LogP contribution < -0.4 is 10.2 Å². The van der Waals surface area contributed by atoms with Crippen molar-refractivity contribution in [1.29, 1.82) is 0 Å². The molecule has 0 unspecified atom stereocenters. The summed E-state index contributed by atoms with van der Waals surface area (Å²) in [5.41, 5.74) is 3.05. The first kappa shape index (κ1) is 24.0. The Morgan fingerprint density at radius 3 is 2.50 bits per heavy atom. The van der Waals surface area contributed by atoms with Gasteiger partial charge in [0.2, 0.25) is 0 Å². The zero-order valence-corrected chi connectivity index (χ0v) is 21.3. The van der Waals surface area contributed by atoms with Crippen LogP contribution in [0.15, 0.2) is 92.6 Å². The summed E-state index contributed by atoms with van der Waals surface area (Å²) in [5, 5.41) is 16.0. The fourth-order valence-electron chi connectivity index (χ4n) is 3.99. The molecule has 182 valence electrons. The van der Waals surface area contributed by atoms with Crippen LogP contribution in [0.2, 0.25) is 0 Å². The number of fused-ring (bicyclic) bond motifs is 1. The largest absolute Gasteiger partial charge is 0.384 e. The summed E-state index contributed by atoms with van der Waals surface area (Å²) < 4.78 is 0. The monoisotopic (exact) mass is 517 g/mol. The molecule has 36 heavy (non-hydrogen) atoms. The molecule has 1 fully saturated rings. The lowest BCUT2D eigenvalue weighted by molar-refractivity contribution is -0.384. The Bertz CT molecular complexity index is 1410. The molecule has 2 heterocycles. The lowest BCUT2D eigenvalue weighted by atomic mass is 10.2. The number of amidine groups is 1. The van der Waals surface area contributed by atoms with E-state index in [1.165, 1.54) is 23.9 Å². The third-order valence-corrected chi connectivity index (χ3v) is 8.19. The summed E-state index contributed by atoms with van der Waals surface area (Å²) in [6, 6.07) is 22.3. The number of thioether (sulfide) groups is 2. The molecule has 0 spiro atoms. The molecule has 0 atom stereocenters. The Kier molecular flexibility index (Phi) is 6.71. The number of carbonyl (C=O) groups is 1. The van der Waals surface area contributed by atoms with Crippen LogP contribution >= 0.6 is 23.5 Å². The van der Waals surface area contributed by atoms with Crippen molar-refractivity contribution >= 4 is 57.3 Å². The van der Waals surface area contributed by atoms with E-state index in [1.807, 2.05) is 73.5 Å². The lowest BCUT2D eigenvalue weighted by Crippen LogP contribution is -2.29. The molecule has 5 rings (SSSR count). The second kappa shape index (κ2) is 10.1. The number of nitrogens with one attached hydrogen (secondary N) is 1. The molecule has 1 N–H and O–H groups in total. The van der Waals surface area contributed by atoms with Gasteiger partial charge in [0.1, 0.15) is 4.91 Å². The molecular formula is C26H23N5O3S2. The van der Waals surface area contributed by atoms with Gasteiger partial charge in [0.05, 0.1) is 33.6 Å². The average molecular weight is 518 g/mol. The topological polar surface area (TPSA) is 91.1 Å². The minimum absolute atomic E-state index is 0.0555. The van der Waals surface area contributed by atoms with Gasteiger partial charge in [-0.2, -0.15) is 0 Å². The van der Waals surface area contributed by atoms with Crippen LogP contribution in [0.4, 0.5) is 22.7 Å². The molecule has 3 aromatic carbocycles. The standard InChI is InChI=1S/C26H23N5O3S2/c1-3-27-19-14-13-18(31(33)34)15-20(19)28-26-30(16-17-9-5-4-6-10-17)24(32)23(36-26)25-29(2)21-11-7-8-12-22(21)35-25/h4-15,27H,3,16H2,1-2H3/b25-23-,28-26+. The van der Waals surface area contributed by atoms with Crippen LogP contribution in [-0.2, 0) is 11.3 Å². The highest BCUT2D eigenvalue weighted by atomic mass is 32.2. The summed E-state index contributed by atoms with van der Waals surface area (Å²) in [5.74, 6) is -0.139. The van der Waals surface area contributed by atoms with E-state index in [-0.39, 0.29) is 11.6 Å². The SMILES string of the molecule is CCNc1ccc([N+](=O)[O-])cc1/N=C1/S/C(=C2\Sc3ccccc3N2C)C(=O)N1Cc1ccccc1. The van der Waals surface area contributed by atoms with E-state index in [4.69, 9.17) is 4.99 Å². The molecular weight excluding hydrogens is 494 g/mol. The Morgan fingerprint density at radius 2 is 1.78 bits per heavy atom. The van der Waals surface area contributed by atoms with Crippen molar-refractivity contribution in [3.63, 3.8) is 0 Å². The molecule has 0 aliphatic carbocycles. The second-order valence-corrected chi connectivity index (χ2v) is 10.1. The molecule has 1 saturated heterocycles. The van der Waals surface area contributed by atoms with E-state index in [0.717, 1.165) is 21.2 Å². The van der Waals surface area contributed by atoms with Crippen molar-refractivity contribution in [3.8, 4) is 0 Å². The Labute approximate surface area is 217 Å². The fourth-order valence-corrected chi connectivity index (χ4v) is 6.33. The summed E-state index contributed by atoms with van der Waals surface area (Å²) in [4.78, 5) is 34.9. The first-order valence-electron chi connectivity index (χ1n) is 11.4. The number of rotatable bonds is 6. The molecule has 10 heteroatoms. The maximum absolute atomic E-state index is 13.8. The number of nitro benzene ring substituents is 1. The van der Waals surface area contributed by atoms with Gasteiger partial charge in [-0.05, 0) is 42.4 Å². The third kappa shape index (κ3) is 4.57. The predicted octanol–water partition coefficient (Wildman–Crippen LogP) is 6.20. The first-order valence-corrected chi connectivity index (χ1v) is 13.0. The van der Waals surface area contributed by atoms with Gasteiger partial charge < -0.3 is 10.2 Å². The third-order valence-electron chi connectivity index (χ3n) is 5.75. The number of anilines is 2. The minimum Gasteiger partial charge on any atom is -0.384 e. The Morgan fingerprint density at radius 1 is 1.03 bits per heavy atom. The van der Waals surface area contributed by atoms with Gasteiger partial charge in [-0.3, -0.25) is 19.8 Å². The fraction of sp³-hybridized carbons (Fsp3) is 0.154. The van der Waals surface area contributed by atoms with Crippen LogP contribution in [0.5, 0.6) is 0 Å². The van der Waals surface area contributed by atoms with Crippen LogP contribution in [0.3, 0.4) is 0 Å². The summed E-state index contributed by atoms with van der Waals surface area (Å²) in [7, 11) is 1.95. The van der Waals surface area contributed by atoms with Gasteiger partial charge in [-0.15, -0.1) is 0 Å². The van der Waals surface area contributed by atoms with Crippen LogP contribution in [-0.4, -0.2) is 34.5 Å². The summed E-state index contributed by atoms with van der Waals surface area (Å²) in [6.07, 6.45) is 0. The van der Waals surface area contributed by atoms with Crippen molar-refractivity contribution in [1.82, 2.24) is 4.90 Å². The van der Waals surface area contributed by atoms with E-state index in [2.05, 4.69) is 5.32 Å². The smallest absolute Gasteiger partial charge is 0.271 e. The molecule has 1 amide bonds. The van der Waals surface area contributed by atoms with Gasteiger partial charge >= 0.3 is 0 Å². The zero-order chi connectivity index (χ0) is 25.2. The van der Waals surface area contributed by atoms with Crippen molar-refractivity contribution in [2.75, 3.05) is 23.8 Å². The summed E-state index contributed by atoms with van der Waals surface area (Å²) in [6.45, 7) is 2.92. The van der Waals surface area contributed by atoms with Gasteiger partial charge in [-0.25, -0.2) is 4.99 Å². The highest BCUT2D eigenvalue weighted by Gasteiger charge is 2.39. The van der Waals surface area contributed by atoms with E-state index in [0.29, 0.717) is 34.5 Å². The lowest BCUT2D eigenvalue weighted by Gasteiger charge is -2.17. The normalized spacial score (nSPS) is 18.2. The maximum atomic E-state index is 13.8. The van der Waals surface area contributed by atoms with E-state index in [9.17, 15) is 14.9 Å². The first-order chi connectivity index (χ1) is 17.5. The van der Waals surface area contributed by atoms with Crippen LogP contribution in [0.25, 0.3) is 0 Å². The average Bonchev–Trinajstić information content (AvgIpc) is 3.37. The van der Waals surface area contributed by atoms with Gasteiger partial charge in [0.15, 0.2) is 5.17 Å². The Balaban J connectivity index is 1.60. The molecule has 2 aliphatic heterocycles. The zero-order valence-electron chi connectivity index (χ0n) is 19.7. The van der Waals surface area contributed by atoms with Crippen molar-refractivity contribution in [2.45, 2.75) is 18.4 Å². The van der Waals surface area contributed by atoms with Gasteiger partial charge in [0.25, 0.3) is 11.6 Å². The van der Waals surface area contributed by atoms with E-state index in [1.54, 1.807) is 22.7 Å². The number of carbonyl (C=O) groups excluding carboxylic acids is 1. The van der Waals surface area contributed by atoms with Crippen LogP contribution in [0, 0.1) is 10.1 Å². The number of hydrogen-bond acceptors (Lipinski definition) is 8. The quantitative estimate of drug-likeness (QED) is 0.236. The molecule has 0 radical (unpaired) electrons. The minimum atomic E-state index is -0.442. The number of hydrogen-bond donors (Lipinski definition) is 1. The number of non-ortho nitro benzene ring substituents is 1. The maximum Gasteiger partial charge on any atom is 0.271 e. The highest BCUT2D eigenvalue weighted by molar-refractivity contribution is 8.19. The van der Waals surface area contributed by atoms with Crippen molar-refractivity contribution < 1.29 is 9.72 Å². The second-order valence-electron chi connectivity index (χ2n) is 8.13. The summed E-state index contributed by atoms with van der Waals surface area (Å²) >= 11 is 2.86. The number of nitro groups is 1. The van der Waals surface area contributed by atoms with E-state index < -0.39 is 4.92 Å². The molecule has 0 bridgehead atoms. The van der Waals surface area contributed by atoms with Crippen LogP contribution in [0.1, 0.15) is 12.5 Å².